The number of unbranched alkanes of at least 4 members (excludes halogenated alkanes) is 4. The van der Waals surface area contributed by atoms with Crippen LogP contribution in [0.4, 0.5) is 11.4 Å². The van der Waals surface area contributed by atoms with E-state index in [1.807, 2.05) is 48.5 Å². The molecule has 0 unspecified atom stereocenters. The molecule has 2 amide bonds. The number of aromatic amines is 2. The van der Waals surface area contributed by atoms with E-state index in [0.29, 0.717) is 45.8 Å². The van der Waals surface area contributed by atoms with Crippen molar-refractivity contribution in [1.29, 1.82) is 0 Å². The van der Waals surface area contributed by atoms with Crippen molar-refractivity contribution in [2.75, 3.05) is 10.6 Å². The Labute approximate surface area is 247 Å². The number of rotatable bonds is 10. The third-order valence-electron chi connectivity index (χ3n) is 7.79. The predicted octanol–water partition coefficient (Wildman–Crippen LogP) is 6.98. The van der Waals surface area contributed by atoms with Crippen molar-refractivity contribution in [2.45, 2.75) is 44.9 Å². The molecular weight excluding hydrogens is 540 g/mol. The molecule has 6 rings (SSSR count). The fourth-order valence-corrected chi connectivity index (χ4v) is 5.55. The van der Waals surface area contributed by atoms with Crippen LogP contribution in [-0.2, 0) is 9.59 Å². The number of pyridine rings is 2. The molecule has 8 heteroatoms. The van der Waals surface area contributed by atoms with E-state index in [4.69, 9.17) is 0 Å². The van der Waals surface area contributed by atoms with E-state index in [-0.39, 0.29) is 22.7 Å². The lowest BCUT2D eigenvalue weighted by molar-refractivity contribution is -0.117. The van der Waals surface area contributed by atoms with Crippen LogP contribution in [0.2, 0.25) is 0 Å². The van der Waals surface area contributed by atoms with Gasteiger partial charge in [-0.2, -0.15) is 0 Å². The average Bonchev–Trinajstić information content (AvgIpc) is 3.01. The monoisotopic (exact) mass is 572 g/mol. The van der Waals surface area contributed by atoms with Gasteiger partial charge in [0.15, 0.2) is 10.9 Å². The van der Waals surface area contributed by atoms with Crippen molar-refractivity contribution in [3.05, 3.63) is 105 Å². The van der Waals surface area contributed by atoms with Gasteiger partial charge < -0.3 is 20.6 Å². The molecule has 0 bridgehead atoms. The van der Waals surface area contributed by atoms with Gasteiger partial charge in [0.2, 0.25) is 11.8 Å². The molecule has 6 aromatic rings. The fraction of sp³-hybridized carbons (Fsp3) is 0.200. The van der Waals surface area contributed by atoms with Gasteiger partial charge in [-0.1, -0.05) is 43.5 Å². The van der Waals surface area contributed by atoms with Crippen LogP contribution in [0.3, 0.4) is 0 Å². The van der Waals surface area contributed by atoms with Crippen molar-refractivity contribution < 1.29 is 9.59 Å². The summed E-state index contributed by atoms with van der Waals surface area (Å²) in [5.41, 5.74) is 4.13. The van der Waals surface area contributed by atoms with Crippen LogP contribution in [0.25, 0.3) is 43.6 Å². The highest BCUT2D eigenvalue weighted by atomic mass is 16.2. The van der Waals surface area contributed by atoms with Crippen LogP contribution in [0, 0.1) is 0 Å². The van der Waals surface area contributed by atoms with Gasteiger partial charge in [-0.05, 0) is 73.5 Å². The number of anilines is 2. The highest BCUT2D eigenvalue weighted by Gasteiger charge is 2.10. The maximum Gasteiger partial charge on any atom is 0.224 e. The second-order valence-corrected chi connectivity index (χ2v) is 10.9. The summed E-state index contributed by atoms with van der Waals surface area (Å²) in [4.78, 5) is 57.3. The van der Waals surface area contributed by atoms with E-state index >= 15 is 0 Å². The number of carbonyl (C=O) groups is 2. The van der Waals surface area contributed by atoms with Crippen molar-refractivity contribution in [1.82, 2.24) is 9.97 Å². The van der Waals surface area contributed by atoms with Gasteiger partial charge in [0.1, 0.15) is 0 Å². The minimum atomic E-state index is -0.0850. The Kier molecular flexibility index (Phi) is 8.00. The smallest absolute Gasteiger partial charge is 0.224 e. The molecule has 0 saturated carbocycles. The second-order valence-electron chi connectivity index (χ2n) is 10.9. The van der Waals surface area contributed by atoms with E-state index in [2.05, 4.69) is 20.6 Å². The Morgan fingerprint density at radius 3 is 1.35 bits per heavy atom. The summed E-state index contributed by atoms with van der Waals surface area (Å²) in [6, 6.07) is 25.4. The second kappa shape index (κ2) is 12.3. The van der Waals surface area contributed by atoms with Crippen molar-refractivity contribution in [3.63, 3.8) is 0 Å². The van der Waals surface area contributed by atoms with E-state index in [1.165, 1.54) is 0 Å². The topological polar surface area (TPSA) is 124 Å². The number of para-hydroxylation sites is 2. The first-order chi connectivity index (χ1) is 21.0. The number of aromatic nitrogens is 2. The van der Waals surface area contributed by atoms with Crippen LogP contribution in [0.1, 0.15) is 44.9 Å². The fourth-order valence-electron chi connectivity index (χ4n) is 5.55. The SMILES string of the molecule is O=C(CCCCCCCC(=O)Nc1ccc2[nH]c3ccccc3c(=O)c2c1)Nc1ccc2[nH]c3ccccc3c(=O)c2c1. The number of H-pyrrole nitrogens is 2. The number of nitrogens with one attached hydrogen (secondary N) is 4. The van der Waals surface area contributed by atoms with Crippen LogP contribution >= 0.6 is 0 Å². The largest absolute Gasteiger partial charge is 0.354 e. The number of benzene rings is 4. The Morgan fingerprint density at radius 2 is 0.884 bits per heavy atom. The summed E-state index contributed by atoms with van der Waals surface area (Å²) in [7, 11) is 0. The van der Waals surface area contributed by atoms with Crippen molar-refractivity contribution in [2.24, 2.45) is 0 Å². The first-order valence-electron chi connectivity index (χ1n) is 14.7. The van der Waals surface area contributed by atoms with E-state index in [9.17, 15) is 19.2 Å². The lowest BCUT2D eigenvalue weighted by Gasteiger charge is -2.08. The maximum atomic E-state index is 12.9. The summed E-state index contributed by atoms with van der Waals surface area (Å²) in [5, 5.41) is 8.14. The molecule has 0 saturated heterocycles. The lowest BCUT2D eigenvalue weighted by Crippen LogP contribution is -2.12. The molecule has 2 aromatic heterocycles. The molecule has 0 radical (unpaired) electrons. The number of carbonyl (C=O) groups excluding carboxylic acids is 2. The van der Waals surface area contributed by atoms with Gasteiger partial charge in [-0.25, -0.2) is 0 Å². The van der Waals surface area contributed by atoms with Crippen LogP contribution in [-0.4, -0.2) is 21.8 Å². The zero-order chi connectivity index (χ0) is 29.8. The molecule has 0 aliphatic heterocycles. The highest BCUT2D eigenvalue weighted by molar-refractivity contribution is 5.98. The standard InChI is InChI=1S/C35H32N4O4/c40-32(36-22-16-18-30-26(20-22)34(42)24-10-6-8-12-28(24)38-30)14-4-2-1-3-5-15-33(41)37-23-17-19-31-27(21-23)35(43)25-11-7-9-13-29(25)39-31/h6-13,16-21H,1-5,14-15H2,(H,36,40)(H,37,41)(H,38,42)(H,39,43). The summed E-state index contributed by atoms with van der Waals surface area (Å²) >= 11 is 0. The number of fused-ring (bicyclic) bond motifs is 4. The molecule has 216 valence electrons. The van der Waals surface area contributed by atoms with E-state index in [1.54, 1.807) is 36.4 Å². The maximum absolute atomic E-state index is 12.9. The first kappa shape index (κ1) is 27.9. The van der Waals surface area contributed by atoms with Gasteiger partial charge in [0, 0.05) is 67.8 Å². The summed E-state index contributed by atoms with van der Waals surface area (Å²) in [5.74, 6) is -0.170. The van der Waals surface area contributed by atoms with E-state index in [0.717, 1.165) is 54.2 Å². The molecular formula is C35H32N4O4. The van der Waals surface area contributed by atoms with Crippen LogP contribution in [0.5, 0.6) is 0 Å². The molecule has 43 heavy (non-hydrogen) atoms. The summed E-state index contributed by atoms with van der Waals surface area (Å²) in [6.45, 7) is 0. The van der Waals surface area contributed by atoms with Gasteiger partial charge in [0.05, 0.1) is 0 Å². The summed E-state index contributed by atoms with van der Waals surface area (Å²) in [6.07, 6.45) is 4.98. The quantitative estimate of drug-likeness (QED) is 0.104. The Bertz CT molecular complexity index is 1960. The van der Waals surface area contributed by atoms with E-state index < -0.39 is 0 Å². The Hall–Kier alpha value is -5.24. The molecule has 0 atom stereocenters. The van der Waals surface area contributed by atoms with Crippen LogP contribution < -0.4 is 21.5 Å². The zero-order valence-corrected chi connectivity index (χ0v) is 23.7. The molecule has 4 aromatic carbocycles. The van der Waals surface area contributed by atoms with Gasteiger partial charge in [-0.15, -0.1) is 0 Å². The van der Waals surface area contributed by atoms with Gasteiger partial charge in [-0.3, -0.25) is 19.2 Å². The van der Waals surface area contributed by atoms with Crippen molar-refractivity contribution in [3.8, 4) is 0 Å². The molecule has 0 spiro atoms. The normalized spacial score (nSPS) is 11.3. The molecule has 0 aliphatic carbocycles. The van der Waals surface area contributed by atoms with Gasteiger partial charge in [0.25, 0.3) is 0 Å². The number of hydrogen-bond donors (Lipinski definition) is 4. The third kappa shape index (κ3) is 6.18. The third-order valence-corrected chi connectivity index (χ3v) is 7.79. The molecule has 8 nitrogen and oxygen atoms in total. The Morgan fingerprint density at radius 1 is 0.488 bits per heavy atom. The first-order valence-corrected chi connectivity index (χ1v) is 14.7. The van der Waals surface area contributed by atoms with Crippen LogP contribution in [0.15, 0.2) is 94.5 Å². The lowest BCUT2D eigenvalue weighted by atomic mass is 10.1. The minimum Gasteiger partial charge on any atom is -0.354 e. The number of hydrogen-bond acceptors (Lipinski definition) is 4. The highest BCUT2D eigenvalue weighted by Crippen LogP contribution is 2.21. The zero-order valence-electron chi connectivity index (χ0n) is 23.7. The Balaban J connectivity index is 0.923. The number of amides is 2. The molecule has 0 aliphatic rings. The van der Waals surface area contributed by atoms with Crippen molar-refractivity contribution >= 4 is 66.8 Å². The molecule has 2 heterocycles. The predicted molar refractivity (Wildman–Crippen MR) is 174 cm³/mol. The average molecular weight is 573 g/mol. The van der Waals surface area contributed by atoms with Gasteiger partial charge >= 0.3 is 0 Å². The molecule has 0 fully saturated rings. The minimum absolute atomic E-state index is 0.0598. The summed E-state index contributed by atoms with van der Waals surface area (Å²) < 4.78 is 0. The molecule has 4 N–H and O–H groups in total.